The summed E-state index contributed by atoms with van der Waals surface area (Å²) in [5.41, 5.74) is 2.68. The molecular formula is C21H29N3O4. The molecule has 2 rings (SSSR count). The number of nitrogens with zero attached hydrogens (tertiary/aromatic N) is 2. The highest BCUT2D eigenvalue weighted by atomic mass is 16.2. The largest absolute Gasteiger partial charge is 0.334 e. The molecule has 7 heteroatoms. The van der Waals surface area contributed by atoms with Crippen molar-refractivity contribution in [3.8, 4) is 0 Å². The number of rotatable bonds is 7. The first-order valence-electron chi connectivity index (χ1n) is 9.64. The standard InChI is InChI=1S/C21H29N3O4/c1-12(2)10-23-19(26)20(27)24(21(23)28)11-17(25)22-18-15(13(3)4)8-7-9-16(18)14(5)6/h7-9,12-14H,10-11H2,1-6H3,(H,22,25). The second-order valence-corrected chi connectivity index (χ2v) is 8.15. The fourth-order valence-electron chi connectivity index (χ4n) is 3.23. The summed E-state index contributed by atoms with van der Waals surface area (Å²) >= 11 is 0. The second-order valence-electron chi connectivity index (χ2n) is 8.15. The first-order chi connectivity index (χ1) is 13.0. The monoisotopic (exact) mass is 387 g/mol. The maximum absolute atomic E-state index is 12.7. The van der Waals surface area contributed by atoms with Crippen molar-refractivity contribution in [2.45, 2.75) is 53.4 Å². The fourth-order valence-corrected chi connectivity index (χ4v) is 3.23. The van der Waals surface area contributed by atoms with Gasteiger partial charge in [0.15, 0.2) is 0 Å². The summed E-state index contributed by atoms with van der Waals surface area (Å²) in [4.78, 5) is 51.0. The summed E-state index contributed by atoms with van der Waals surface area (Å²) in [7, 11) is 0. The Morgan fingerprint density at radius 2 is 1.39 bits per heavy atom. The van der Waals surface area contributed by atoms with Crippen molar-refractivity contribution >= 4 is 29.4 Å². The molecule has 0 aromatic heterocycles. The third kappa shape index (κ3) is 4.40. The summed E-state index contributed by atoms with van der Waals surface area (Å²) in [5.74, 6) is -1.94. The molecular weight excluding hydrogens is 358 g/mol. The van der Waals surface area contributed by atoms with Crippen LogP contribution in [0, 0.1) is 5.92 Å². The van der Waals surface area contributed by atoms with Gasteiger partial charge >= 0.3 is 17.8 Å². The maximum Gasteiger partial charge on any atom is 0.334 e. The molecule has 0 spiro atoms. The normalized spacial score (nSPS) is 14.8. The Kier molecular flexibility index (Phi) is 6.59. The van der Waals surface area contributed by atoms with Crippen LogP contribution in [0.1, 0.15) is 64.5 Å². The molecule has 1 saturated heterocycles. The van der Waals surface area contributed by atoms with Crippen LogP contribution in [0.4, 0.5) is 10.5 Å². The zero-order valence-electron chi connectivity index (χ0n) is 17.4. The molecule has 1 heterocycles. The minimum atomic E-state index is -0.956. The first-order valence-corrected chi connectivity index (χ1v) is 9.64. The van der Waals surface area contributed by atoms with Gasteiger partial charge in [-0.2, -0.15) is 0 Å². The maximum atomic E-state index is 12.7. The summed E-state index contributed by atoms with van der Waals surface area (Å²) in [6, 6.07) is 5.12. The van der Waals surface area contributed by atoms with E-state index in [1.807, 2.05) is 59.7 Å². The van der Waals surface area contributed by atoms with Gasteiger partial charge in [-0.05, 0) is 28.9 Å². The topological polar surface area (TPSA) is 86.8 Å². The van der Waals surface area contributed by atoms with Gasteiger partial charge in [-0.15, -0.1) is 0 Å². The average Bonchev–Trinajstić information content (AvgIpc) is 2.79. The SMILES string of the molecule is CC(C)CN1C(=O)C(=O)N(CC(=O)Nc2c(C(C)C)cccc2C(C)C)C1=O. The molecule has 0 radical (unpaired) electrons. The van der Waals surface area contributed by atoms with Gasteiger partial charge in [0.25, 0.3) is 0 Å². The van der Waals surface area contributed by atoms with Crippen LogP contribution in [-0.4, -0.2) is 46.6 Å². The van der Waals surface area contributed by atoms with Gasteiger partial charge in [0, 0.05) is 12.2 Å². The van der Waals surface area contributed by atoms with Crippen molar-refractivity contribution in [1.82, 2.24) is 9.80 Å². The molecule has 1 N–H and O–H groups in total. The minimum Gasteiger partial charge on any atom is -0.324 e. The van der Waals surface area contributed by atoms with Crippen molar-refractivity contribution in [1.29, 1.82) is 0 Å². The number of amides is 5. The van der Waals surface area contributed by atoms with E-state index in [4.69, 9.17) is 0 Å². The van der Waals surface area contributed by atoms with Crippen molar-refractivity contribution in [2.75, 3.05) is 18.4 Å². The molecule has 1 fully saturated rings. The van der Waals surface area contributed by atoms with Gasteiger partial charge in [-0.3, -0.25) is 19.3 Å². The number of hydrogen-bond acceptors (Lipinski definition) is 4. The quantitative estimate of drug-likeness (QED) is 0.574. The van der Waals surface area contributed by atoms with Crippen LogP contribution in [0.15, 0.2) is 18.2 Å². The first kappa shape index (κ1) is 21.6. The van der Waals surface area contributed by atoms with E-state index >= 15 is 0 Å². The molecule has 0 bridgehead atoms. The third-order valence-electron chi connectivity index (χ3n) is 4.62. The van der Waals surface area contributed by atoms with E-state index in [-0.39, 0.29) is 24.3 Å². The number of carbonyl (C=O) groups is 4. The molecule has 1 aromatic carbocycles. The van der Waals surface area contributed by atoms with Crippen LogP contribution in [0.2, 0.25) is 0 Å². The summed E-state index contributed by atoms with van der Waals surface area (Å²) in [6.07, 6.45) is 0. The van der Waals surface area contributed by atoms with E-state index in [0.29, 0.717) is 10.6 Å². The molecule has 1 aliphatic rings. The number of urea groups is 1. The van der Waals surface area contributed by atoms with Crippen molar-refractivity contribution in [2.24, 2.45) is 5.92 Å². The summed E-state index contributed by atoms with van der Waals surface area (Å²) in [6.45, 7) is 11.5. The summed E-state index contributed by atoms with van der Waals surface area (Å²) in [5, 5.41) is 2.87. The van der Waals surface area contributed by atoms with E-state index in [9.17, 15) is 19.2 Å². The highest BCUT2D eigenvalue weighted by molar-refractivity contribution is 6.45. The minimum absolute atomic E-state index is 0.0287. The fraction of sp³-hybridized carbons (Fsp3) is 0.524. The van der Waals surface area contributed by atoms with Crippen molar-refractivity contribution < 1.29 is 19.2 Å². The molecule has 152 valence electrons. The Labute approximate surface area is 166 Å². The zero-order valence-corrected chi connectivity index (χ0v) is 17.4. The number of carbonyl (C=O) groups excluding carboxylic acids is 4. The lowest BCUT2D eigenvalue weighted by Crippen LogP contribution is -2.39. The molecule has 1 aromatic rings. The third-order valence-corrected chi connectivity index (χ3v) is 4.62. The molecule has 1 aliphatic heterocycles. The van der Waals surface area contributed by atoms with Crippen LogP contribution in [0.25, 0.3) is 0 Å². The lowest BCUT2D eigenvalue weighted by Gasteiger charge is -2.21. The lowest BCUT2D eigenvalue weighted by molar-refractivity contribution is -0.143. The van der Waals surface area contributed by atoms with Crippen LogP contribution < -0.4 is 5.32 Å². The molecule has 0 saturated carbocycles. The van der Waals surface area contributed by atoms with Crippen molar-refractivity contribution in [3.63, 3.8) is 0 Å². The Balaban J connectivity index is 2.22. The van der Waals surface area contributed by atoms with Gasteiger partial charge in [-0.25, -0.2) is 9.69 Å². The van der Waals surface area contributed by atoms with E-state index in [2.05, 4.69) is 5.32 Å². The molecule has 0 atom stereocenters. The van der Waals surface area contributed by atoms with Crippen LogP contribution in [0.5, 0.6) is 0 Å². The highest BCUT2D eigenvalue weighted by Crippen LogP contribution is 2.32. The Morgan fingerprint density at radius 3 is 1.86 bits per heavy atom. The van der Waals surface area contributed by atoms with E-state index in [0.717, 1.165) is 16.0 Å². The number of hydrogen-bond donors (Lipinski definition) is 1. The van der Waals surface area contributed by atoms with Crippen LogP contribution in [0.3, 0.4) is 0 Å². The lowest BCUT2D eigenvalue weighted by atomic mass is 9.92. The number of benzene rings is 1. The van der Waals surface area contributed by atoms with E-state index in [1.165, 1.54) is 0 Å². The summed E-state index contributed by atoms with van der Waals surface area (Å²) < 4.78 is 0. The molecule has 5 amide bonds. The smallest absolute Gasteiger partial charge is 0.324 e. The van der Waals surface area contributed by atoms with Crippen LogP contribution in [-0.2, 0) is 14.4 Å². The number of anilines is 1. The van der Waals surface area contributed by atoms with Gasteiger partial charge in [0.05, 0.1) is 0 Å². The van der Waals surface area contributed by atoms with Gasteiger partial charge < -0.3 is 5.32 Å². The highest BCUT2D eigenvalue weighted by Gasteiger charge is 2.45. The van der Waals surface area contributed by atoms with Gasteiger partial charge in [0.2, 0.25) is 5.91 Å². The average molecular weight is 387 g/mol. The Morgan fingerprint density at radius 1 is 0.893 bits per heavy atom. The number of imide groups is 2. The number of nitrogens with one attached hydrogen (secondary N) is 1. The van der Waals surface area contributed by atoms with Crippen molar-refractivity contribution in [3.05, 3.63) is 29.3 Å². The predicted molar refractivity (Wildman–Crippen MR) is 107 cm³/mol. The molecule has 0 unspecified atom stereocenters. The van der Waals surface area contributed by atoms with Gasteiger partial charge in [0.1, 0.15) is 6.54 Å². The van der Waals surface area contributed by atoms with E-state index in [1.54, 1.807) is 0 Å². The second kappa shape index (κ2) is 8.54. The van der Waals surface area contributed by atoms with E-state index < -0.39 is 30.3 Å². The Bertz CT molecular complexity index is 773. The predicted octanol–water partition coefficient (Wildman–Crippen LogP) is 3.32. The molecule has 0 aliphatic carbocycles. The Hall–Kier alpha value is -2.70. The number of para-hydroxylation sites is 1. The zero-order chi connectivity index (χ0) is 21.2. The van der Waals surface area contributed by atoms with Crippen LogP contribution >= 0.6 is 0 Å². The molecule has 28 heavy (non-hydrogen) atoms. The van der Waals surface area contributed by atoms with Gasteiger partial charge in [-0.1, -0.05) is 59.7 Å². The molecule has 7 nitrogen and oxygen atoms in total.